The van der Waals surface area contributed by atoms with Crippen LogP contribution >= 0.6 is 22.6 Å². The molecule has 16 heavy (non-hydrogen) atoms. The number of fused-ring (bicyclic) bond motifs is 1. The molecular formula is C10H12INO3S. The number of phenolic OH excluding ortho intramolecular Hbond substituents is 1. The molecular weight excluding hydrogens is 341 g/mol. The van der Waals surface area contributed by atoms with Crippen molar-refractivity contribution in [3.05, 3.63) is 21.3 Å². The summed E-state index contributed by atoms with van der Waals surface area (Å²) >= 11 is 2.04. The third-order valence-corrected chi connectivity index (χ3v) is 4.67. The summed E-state index contributed by atoms with van der Waals surface area (Å²) < 4.78 is 25.3. The van der Waals surface area contributed by atoms with Gasteiger partial charge in [0, 0.05) is 12.6 Å². The standard InChI is InChI=1S/C10H12INO3S/c1-16(14,15)12-4-2-3-7-5-8(11)10(13)6-9(7)12/h5-6,13H,2-4H2,1H3. The van der Waals surface area contributed by atoms with Gasteiger partial charge in [0.1, 0.15) is 5.75 Å². The van der Waals surface area contributed by atoms with Crippen LogP contribution in [0.15, 0.2) is 12.1 Å². The third-order valence-electron chi connectivity index (χ3n) is 2.62. The van der Waals surface area contributed by atoms with Crippen LogP contribution in [0.2, 0.25) is 0 Å². The average molecular weight is 353 g/mol. The van der Waals surface area contributed by atoms with E-state index < -0.39 is 10.0 Å². The molecule has 1 aromatic carbocycles. The number of hydrogen-bond acceptors (Lipinski definition) is 3. The summed E-state index contributed by atoms with van der Waals surface area (Å²) in [6.07, 6.45) is 2.87. The predicted octanol–water partition coefficient (Wildman–Crippen LogP) is 1.71. The van der Waals surface area contributed by atoms with Crippen LogP contribution in [-0.4, -0.2) is 26.3 Å². The Morgan fingerprint density at radius 1 is 1.44 bits per heavy atom. The molecule has 0 fully saturated rings. The molecule has 88 valence electrons. The number of sulfonamides is 1. The van der Waals surface area contributed by atoms with Gasteiger partial charge >= 0.3 is 0 Å². The highest BCUT2D eigenvalue weighted by Crippen LogP contribution is 2.34. The Hall–Kier alpha value is -0.500. The van der Waals surface area contributed by atoms with E-state index in [0.717, 1.165) is 22.0 Å². The molecule has 2 rings (SSSR count). The van der Waals surface area contributed by atoms with Gasteiger partial charge in [-0.1, -0.05) is 0 Å². The largest absolute Gasteiger partial charge is 0.507 e. The molecule has 1 aromatic rings. The highest BCUT2D eigenvalue weighted by molar-refractivity contribution is 14.1. The number of rotatable bonds is 1. The van der Waals surface area contributed by atoms with E-state index in [2.05, 4.69) is 0 Å². The molecule has 1 N–H and O–H groups in total. The summed E-state index contributed by atoms with van der Waals surface area (Å²) in [5, 5.41) is 9.63. The minimum atomic E-state index is -3.25. The van der Waals surface area contributed by atoms with E-state index in [1.165, 1.54) is 16.6 Å². The molecule has 1 aliphatic rings. The Kier molecular flexibility index (Phi) is 3.04. The van der Waals surface area contributed by atoms with Crippen LogP contribution in [-0.2, 0) is 16.4 Å². The summed E-state index contributed by atoms with van der Waals surface area (Å²) in [5.74, 6) is 0.134. The van der Waals surface area contributed by atoms with Gasteiger partial charge in [0.2, 0.25) is 10.0 Å². The molecule has 0 unspecified atom stereocenters. The smallest absolute Gasteiger partial charge is 0.232 e. The van der Waals surface area contributed by atoms with Crippen molar-refractivity contribution < 1.29 is 13.5 Å². The van der Waals surface area contributed by atoms with E-state index in [-0.39, 0.29) is 5.75 Å². The molecule has 0 spiro atoms. The van der Waals surface area contributed by atoms with Gasteiger partial charge in [-0.3, -0.25) is 4.31 Å². The fourth-order valence-corrected chi connectivity index (χ4v) is 3.42. The van der Waals surface area contributed by atoms with E-state index in [0.29, 0.717) is 12.2 Å². The van der Waals surface area contributed by atoms with Crippen molar-refractivity contribution in [3.63, 3.8) is 0 Å². The second kappa shape index (κ2) is 4.06. The van der Waals surface area contributed by atoms with Crippen LogP contribution in [0.1, 0.15) is 12.0 Å². The summed E-state index contributed by atoms with van der Waals surface area (Å²) in [6, 6.07) is 3.39. The molecule has 0 atom stereocenters. The average Bonchev–Trinajstić information content (AvgIpc) is 2.17. The zero-order chi connectivity index (χ0) is 11.9. The van der Waals surface area contributed by atoms with Crippen LogP contribution < -0.4 is 4.31 Å². The monoisotopic (exact) mass is 353 g/mol. The van der Waals surface area contributed by atoms with Crippen molar-refractivity contribution in [1.29, 1.82) is 0 Å². The lowest BCUT2D eigenvalue weighted by Gasteiger charge is -2.29. The quantitative estimate of drug-likeness (QED) is 0.782. The van der Waals surface area contributed by atoms with Crippen molar-refractivity contribution in [3.8, 4) is 5.75 Å². The van der Waals surface area contributed by atoms with E-state index in [4.69, 9.17) is 0 Å². The Morgan fingerprint density at radius 3 is 2.75 bits per heavy atom. The maximum atomic E-state index is 11.6. The highest BCUT2D eigenvalue weighted by atomic mass is 127. The molecule has 0 radical (unpaired) electrons. The van der Waals surface area contributed by atoms with E-state index >= 15 is 0 Å². The molecule has 0 aromatic heterocycles. The molecule has 1 heterocycles. The lowest BCUT2D eigenvalue weighted by Crippen LogP contribution is -2.34. The maximum absolute atomic E-state index is 11.6. The Bertz CT molecular complexity index is 527. The van der Waals surface area contributed by atoms with Gasteiger partial charge in [-0.05, 0) is 47.1 Å². The van der Waals surface area contributed by atoms with Crippen LogP contribution in [0.3, 0.4) is 0 Å². The van der Waals surface area contributed by atoms with Crippen molar-refractivity contribution in [1.82, 2.24) is 0 Å². The fraction of sp³-hybridized carbons (Fsp3) is 0.400. The highest BCUT2D eigenvalue weighted by Gasteiger charge is 2.24. The van der Waals surface area contributed by atoms with Crippen LogP contribution in [0, 0.1) is 3.57 Å². The van der Waals surface area contributed by atoms with Crippen LogP contribution in [0.5, 0.6) is 5.75 Å². The van der Waals surface area contributed by atoms with Crippen LogP contribution in [0.25, 0.3) is 0 Å². The molecule has 0 saturated carbocycles. The summed E-state index contributed by atoms with van der Waals surface area (Å²) in [6.45, 7) is 0.492. The third kappa shape index (κ3) is 2.13. The van der Waals surface area contributed by atoms with Crippen LogP contribution in [0.4, 0.5) is 5.69 Å². The molecule has 0 bridgehead atoms. The van der Waals surface area contributed by atoms with Crippen molar-refractivity contribution in [2.24, 2.45) is 0 Å². The minimum absolute atomic E-state index is 0.134. The predicted molar refractivity (Wildman–Crippen MR) is 71.3 cm³/mol. The van der Waals surface area contributed by atoms with Crippen molar-refractivity contribution >= 4 is 38.3 Å². The number of halogens is 1. The second-order valence-corrected chi connectivity index (χ2v) is 6.94. The summed E-state index contributed by atoms with van der Waals surface area (Å²) in [5.41, 5.74) is 1.60. The lowest BCUT2D eigenvalue weighted by atomic mass is 10.0. The molecule has 6 heteroatoms. The first-order valence-electron chi connectivity index (χ1n) is 4.88. The summed E-state index contributed by atoms with van der Waals surface area (Å²) in [4.78, 5) is 0. The van der Waals surface area contributed by atoms with Gasteiger partial charge in [0.05, 0.1) is 15.5 Å². The van der Waals surface area contributed by atoms with Gasteiger partial charge in [0.25, 0.3) is 0 Å². The van der Waals surface area contributed by atoms with Crippen molar-refractivity contribution in [2.75, 3.05) is 17.1 Å². The first-order valence-corrected chi connectivity index (χ1v) is 7.81. The number of anilines is 1. The number of hydrogen-bond donors (Lipinski definition) is 1. The first kappa shape index (κ1) is 12.0. The lowest BCUT2D eigenvalue weighted by molar-refractivity contribution is 0.471. The molecule has 4 nitrogen and oxygen atoms in total. The molecule has 0 amide bonds. The van der Waals surface area contributed by atoms with Gasteiger partial charge < -0.3 is 5.11 Å². The number of aryl methyl sites for hydroxylation is 1. The molecule has 0 aliphatic carbocycles. The Labute approximate surface area is 108 Å². The summed E-state index contributed by atoms with van der Waals surface area (Å²) in [7, 11) is -3.25. The second-order valence-electron chi connectivity index (χ2n) is 3.87. The van der Waals surface area contributed by atoms with E-state index in [1.807, 2.05) is 28.7 Å². The number of nitrogens with zero attached hydrogens (tertiary/aromatic N) is 1. The van der Waals surface area contributed by atoms with E-state index in [1.54, 1.807) is 0 Å². The number of benzene rings is 1. The Morgan fingerprint density at radius 2 is 2.12 bits per heavy atom. The zero-order valence-corrected chi connectivity index (χ0v) is 11.7. The van der Waals surface area contributed by atoms with Gasteiger partial charge in [-0.25, -0.2) is 8.42 Å². The first-order chi connectivity index (χ1) is 7.39. The van der Waals surface area contributed by atoms with Crippen molar-refractivity contribution in [2.45, 2.75) is 12.8 Å². The normalized spacial score (nSPS) is 16.0. The van der Waals surface area contributed by atoms with Gasteiger partial charge in [-0.2, -0.15) is 0 Å². The SMILES string of the molecule is CS(=O)(=O)N1CCCc2cc(I)c(O)cc21. The van der Waals surface area contributed by atoms with Gasteiger partial charge in [0.15, 0.2) is 0 Å². The number of phenols is 1. The zero-order valence-electron chi connectivity index (χ0n) is 8.77. The fourth-order valence-electron chi connectivity index (χ4n) is 1.90. The minimum Gasteiger partial charge on any atom is -0.507 e. The molecule has 1 aliphatic heterocycles. The Balaban J connectivity index is 2.59. The topological polar surface area (TPSA) is 57.6 Å². The maximum Gasteiger partial charge on any atom is 0.232 e. The van der Waals surface area contributed by atoms with Gasteiger partial charge in [-0.15, -0.1) is 0 Å². The molecule has 0 saturated heterocycles. The van der Waals surface area contributed by atoms with E-state index in [9.17, 15) is 13.5 Å². The number of aromatic hydroxyl groups is 1.